The Hall–Kier alpha value is -2.83. The van der Waals surface area contributed by atoms with Gasteiger partial charge in [0.1, 0.15) is 0 Å². The Morgan fingerprint density at radius 2 is 1.71 bits per heavy atom. The van der Waals surface area contributed by atoms with Crippen LogP contribution >= 0.6 is 0 Å². The van der Waals surface area contributed by atoms with Gasteiger partial charge in [0.15, 0.2) is 11.5 Å². The average Bonchev–Trinajstić information content (AvgIpc) is 2.78. The van der Waals surface area contributed by atoms with Crippen molar-refractivity contribution >= 4 is 10.0 Å². The maximum atomic E-state index is 13.7. The molecule has 0 bridgehead atoms. The van der Waals surface area contributed by atoms with Gasteiger partial charge in [-0.1, -0.05) is 42.0 Å². The molecular formula is C25H25NO4S. The van der Waals surface area contributed by atoms with Gasteiger partial charge in [0.2, 0.25) is 10.0 Å². The molecule has 1 atom stereocenters. The van der Waals surface area contributed by atoms with Gasteiger partial charge in [0, 0.05) is 12.1 Å². The molecule has 1 aliphatic heterocycles. The molecule has 3 aromatic carbocycles. The Morgan fingerprint density at radius 3 is 2.42 bits per heavy atom. The minimum atomic E-state index is -3.64. The van der Waals surface area contributed by atoms with Crippen LogP contribution in [0.1, 0.15) is 28.3 Å². The maximum Gasteiger partial charge on any atom is 0.243 e. The fraction of sp³-hybridized carbons (Fsp3) is 0.280. The molecule has 0 saturated carbocycles. The summed E-state index contributed by atoms with van der Waals surface area (Å²) in [6.45, 7) is 2.39. The molecule has 3 aromatic rings. The predicted octanol–water partition coefficient (Wildman–Crippen LogP) is 4.52. The lowest BCUT2D eigenvalue weighted by molar-refractivity contribution is 0.299. The number of nitrogens with zero attached hydrogens (tertiary/aromatic N) is 1. The number of aryl methyl sites for hydroxylation is 1. The Bertz CT molecular complexity index is 1270. The van der Waals surface area contributed by atoms with Crippen molar-refractivity contribution in [2.24, 2.45) is 0 Å². The number of methoxy groups -OCH3 is 2. The second-order valence-electron chi connectivity index (χ2n) is 8.12. The second kappa shape index (κ2) is 7.39. The molecule has 1 aliphatic carbocycles. The molecule has 0 aromatic heterocycles. The number of fused-ring (bicyclic) bond motifs is 2. The number of benzene rings is 3. The van der Waals surface area contributed by atoms with Crippen LogP contribution in [0.4, 0.5) is 0 Å². The zero-order valence-corrected chi connectivity index (χ0v) is 18.7. The van der Waals surface area contributed by atoms with Crippen LogP contribution in [0, 0.1) is 6.92 Å². The molecule has 31 heavy (non-hydrogen) atoms. The maximum absolute atomic E-state index is 13.7. The molecule has 0 saturated heterocycles. The molecule has 160 valence electrons. The van der Waals surface area contributed by atoms with Crippen LogP contribution in [0.2, 0.25) is 0 Å². The van der Waals surface area contributed by atoms with E-state index in [1.807, 2.05) is 37.3 Å². The molecule has 1 heterocycles. The van der Waals surface area contributed by atoms with Crippen LogP contribution in [0.3, 0.4) is 0 Å². The minimum absolute atomic E-state index is 0.278. The van der Waals surface area contributed by atoms with E-state index in [1.165, 1.54) is 0 Å². The van der Waals surface area contributed by atoms with Crippen molar-refractivity contribution in [3.8, 4) is 22.6 Å². The van der Waals surface area contributed by atoms with Crippen molar-refractivity contribution in [1.82, 2.24) is 4.31 Å². The lowest BCUT2D eigenvalue weighted by Gasteiger charge is -2.41. The highest BCUT2D eigenvalue weighted by atomic mass is 32.2. The van der Waals surface area contributed by atoms with Gasteiger partial charge in [-0.05, 0) is 60.2 Å². The van der Waals surface area contributed by atoms with E-state index in [9.17, 15) is 8.42 Å². The van der Waals surface area contributed by atoms with Gasteiger partial charge in [-0.25, -0.2) is 8.42 Å². The van der Waals surface area contributed by atoms with Crippen LogP contribution in [-0.2, 0) is 22.9 Å². The van der Waals surface area contributed by atoms with E-state index in [-0.39, 0.29) is 6.04 Å². The number of rotatable bonds is 4. The van der Waals surface area contributed by atoms with Gasteiger partial charge >= 0.3 is 0 Å². The van der Waals surface area contributed by atoms with Crippen molar-refractivity contribution in [3.05, 3.63) is 76.9 Å². The first-order valence-corrected chi connectivity index (χ1v) is 11.8. The van der Waals surface area contributed by atoms with Crippen molar-refractivity contribution in [3.63, 3.8) is 0 Å². The molecule has 2 aliphatic rings. The van der Waals surface area contributed by atoms with E-state index >= 15 is 0 Å². The van der Waals surface area contributed by atoms with E-state index in [0.29, 0.717) is 35.8 Å². The topological polar surface area (TPSA) is 55.8 Å². The first-order valence-electron chi connectivity index (χ1n) is 10.4. The van der Waals surface area contributed by atoms with Gasteiger partial charge in [0.25, 0.3) is 0 Å². The number of ether oxygens (including phenoxy) is 2. The van der Waals surface area contributed by atoms with Gasteiger partial charge in [-0.3, -0.25) is 0 Å². The van der Waals surface area contributed by atoms with Gasteiger partial charge in [0.05, 0.1) is 25.2 Å². The molecular weight excluding hydrogens is 410 g/mol. The first kappa shape index (κ1) is 20.1. The highest BCUT2D eigenvalue weighted by Crippen LogP contribution is 2.53. The summed E-state index contributed by atoms with van der Waals surface area (Å²) in [4.78, 5) is 0.336. The standard InChI is InChI=1S/C25H25NO4S/c1-16-8-10-19(11-9-16)31(27,28)26-13-12-18-15-22(29-2)25(30-3)24-20-7-5-4-6-17(20)14-21(26)23(18)24/h4-11,15,21H,12-14H2,1-3H3/t21-/m1/s1. The molecule has 0 spiro atoms. The summed E-state index contributed by atoms with van der Waals surface area (Å²) in [6.07, 6.45) is 1.27. The van der Waals surface area contributed by atoms with Crippen LogP contribution in [0.15, 0.2) is 59.5 Å². The predicted molar refractivity (Wildman–Crippen MR) is 120 cm³/mol. The summed E-state index contributed by atoms with van der Waals surface area (Å²) in [5, 5.41) is 0. The molecule has 5 nitrogen and oxygen atoms in total. The monoisotopic (exact) mass is 435 g/mol. The third-order valence-corrected chi connectivity index (χ3v) is 8.33. The lowest BCUT2D eigenvalue weighted by Crippen LogP contribution is -2.42. The molecule has 0 radical (unpaired) electrons. The quantitative estimate of drug-likeness (QED) is 0.605. The van der Waals surface area contributed by atoms with E-state index in [2.05, 4.69) is 12.1 Å². The van der Waals surface area contributed by atoms with Crippen LogP contribution in [0.25, 0.3) is 11.1 Å². The number of sulfonamides is 1. The summed E-state index contributed by atoms with van der Waals surface area (Å²) in [6, 6.07) is 17.0. The third-order valence-electron chi connectivity index (χ3n) is 6.41. The fourth-order valence-corrected chi connectivity index (χ4v) is 6.53. The first-order chi connectivity index (χ1) is 15.0. The summed E-state index contributed by atoms with van der Waals surface area (Å²) < 4.78 is 40.4. The third kappa shape index (κ3) is 3.05. The Balaban J connectivity index is 1.73. The Labute approximate surface area is 183 Å². The van der Waals surface area contributed by atoms with E-state index in [4.69, 9.17) is 9.47 Å². The van der Waals surface area contributed by atoms with E-state index < -0.39 is 10.0 Å². The Kier molecular flexibility index (Phi) is 4.79. The Morgan fingerprint density at radius 1 is 0.968 bits per heavy atom. The molecule has 5 rings (SSSR count). The van der Waals surface area contributed by atoms with Gasteiger partial charge in [-0.15, -0.1) is 0 Å². The fourth-order valence-electron chi connectivity index (χ4n) is 4.93. The number of hydrogen-bond donors (Lipinski definition) is 0. The van der Waals surface area contributed by atoms with Crippen molar-refractivity contribution in [1.29, 1.82) is 0 Å². The average molecular weight is 436 g/mol. The zero-order chi connectivity index (χ0) is 21.8. The molecule has 6 heteroatoms. The second-order valence-corrected chi connectivity index (χ2v) is 10.0. The highest BCUT2D eigenvalue weighted by Gasteiger charge is 2.42. The van der Waals surface area contributed by atoms with Gasteiger partial charge in [-0.2, -0.15) is 4.31 Å². The zero-order valence-electron chi connectivity index (χ0n) is 17.9. The smallest absolute Gasteiger partial charge is 0.243 e. The SMILES string of the molecule is COc1cc2c3c(c1OC)-c1ccccc1C[C@H]3N(S(=O)(=O)c1ccc(C)cc1)CC2. The van der Waals surface area contributed by atoms with Crippen LogP contribution in [0.5, 0.6) is 11.5 Å². The van der Waals surface area contributed by atoms with Gasteiger partial charge < -0.3 is 9.47 Å². The van der Waals surface area contributed by atoms with Crippen LogP contribution in [-0.4, -0.2) is 33.5 Å². The lowest BCUT2D eigenvalue weighted by atomic mass is 9.77. The largest absolute Gasteiger partial charge is 0.493 e. The highest BCUT2D eigenvalue weighted by molar-refractivity contribution is 7.89. The molecule has 0 N–H and O–H groups in total. The normalized spacial score (nSPS) is 17.6. The molecule has 0 amide bonds. The summed E-state index contributed by atoms with van der Waals surface area (Å²) in [5.74, 6) is 1.34. The van der Waals surface area contributed by atoms with E-state index in [0.717, 1.165) is 33.4 Å². The van der Waals surface area contributed by atoms with Crippen molar-refractivity contribution < 1.29 is 17.9 Å². The van der Waals surface area contributed by atoms with Crippen LogP contribution < -0.4 is 9.47 Å². The van der Waals surface area contributed by atoms with Crippen molar-refractivity contribution in [2.45, 2.75) is 30.7 Å². The molecule has 0 unspecified atom stereocenters. The molecule has 0 fully saturated rings. The number of hydrogen-bond acceptors (Lipinski definition) is 4. The summed E-state index contributed by atoms with van der Waals surface area (Å²) in [5.41, 5.74) is 6.35. The summed E-state index contributed by atoms with van der Waals surface area (Å²) >= 11 is 0. The summed E-state index contributed by atoms with van der Waals surface area (Å²) in [7, 11) is -0.368. The van der Waals surface area contributed by atoms with E-state index in [1.54, 1.807) is 30.7 Å². The minimum Gasteiger partial charge on any atom is -0.493 e. The van der Waals surface area contributed by atoms with Crippen molar-refractivity contribution in [2.75, 3.05) is 20.8 Å².